The first-order chi connectivity index (χ1) is 11.2. The Morgan fingerprint density at radius 2 is 1.91 bits per heavy atom. The lowest BCUT2D eigenvalue weighted by atomic mass is 10.1. The van der Waals surface area contributed by atoms with E-state index in [4.69, 9.17) is 14.7 Å². The van der Waals surface area contributed by atoms with E-state index in [0.717, 1.165) is 24.3 Å². The molecule has 5 nitrogen and oxygen atoms in total. The summed E-state index contributed by atoms with van der Waals surface area (Å²) in [4.78, 5) is 2.21. The summed E-state index contributed by atoms with van der Waals surface area (Å²) < 4.78 is 11.2. The monoisotopic (exact) mass is 310 g/mol. The van der Waals surface area contributed by atoms with Gasteiger partial charge in [0.05, 0.1) is 18.8 Å². The van der Waals surface area contributed by atoms with E-state index >= 15 is 0 Å². The predicted octanol–water partition coefficient (Wildman–Crippen LogP) is 3.20. The molecular weight excluding hydrogens is 292 g/mol. The van der Waals surface area contributed by atoms with Gasteiger partial charge in [-0.2, -0.15) is 5.26 Å². The third-order valence-corrected chi connectivity index (χ3v) is 3.86. The third kappa shape index (κ3) is 3.22. The van der Waals surface area contributed by atoms with E-state index in [9.17, 15) is 5.11 Å². The van der Waals surface area contributed by atoms with Crippen molar-refractivity contribution in [3.8, 4) is 23.3 Å². The van der Waals surface area contributed by atoms with Crippen molar-refractivity contribution < 1.29 is 14.6 Å². The summed E-state index contributed by atoms with van der Waals surface area (Å²) in [5.74, 6) is 0.842. The Morgan fingerprint density at radius 3 is 2.65 bits per heavy atom. The van der Waals surface area contributed by atoms with Gasteiger partial charge < -0.3 is 19.5 Å². The lowest BCUT2D eigenvalue weighted by Crippen LogP contribution is -2.36. The van der Waals surface area contributed by atoms with Crippen molar-refractivity contribution in [2.75, 3.05) is 31.2 Å². The van der Waals surface area contributed by atoms with Crippen LogP contribution in [0.5, 0.6) is 17.2 Å². The third-order valence-electron chi connectivity index (χ3n) is 3.86. The van der Waals surface area contributed by atoms with E-state index in [1.807, 2.05) is 13.0 Å². The molecule has 5 heteroatoms. The Balaban J connectivity index is 1.94. The summed E-state index contributed by atoms with van der Waals surface area (Å²) >= 11 is 0. The summed E-state index contributed by atoms with van der Waals surface area (Å²) in [6.45, 7) is 4.94. The van der Waals surface area contributed by atoms with Gasteiger partial charge in [-0.25, -0.2) is 0 Å². The molecule has 0 bridgehead atoms. The molecule has 1 fully saturated rings. The molecule has 0 saturated carbocycles. The van der Waals surface area contributed by atoms with E-state index in [0.29, 0.717) is 30.3 Å². The molecule has 2 aromatic carbocycles. The summed E-state index contributed by atoms with van der Waals surface area (Å²) in [5, 5.41) is 19.3. The summed E-state index contributed by atoms with van der Waals surface area (Å²) in [6.07, 6.45) is 0. The number of benzene rings is 2. The first kappa shape index (κ1) is 15.2. The maximum absolute atomic E-state index is 10.2. The number of nitriles is 1. The minimum absolute atomic E-state index is 0.0623. The largest absolute Gasteiger partial charge is 0.504 e. The van der Waals surface area contributed by atoms with Crippen LogP contribution in [0.1, 0.15) is 11.1 Å². The molecule has 0 atom stereocenters. The van der Waals surface area contributed by atoms with Crippen LogP contribution in [0.4, 0.5) is 5.69 Å². The van der Waals surface area contributed by atoms with Gasteiger partial charge in [0.1, 0.15) is 11.8 Å². The molecule has 0 unspecified atom stereocenters. The Labute approximate surface area is 135 Å². The van der Waals surface area contributed by atoms with Gasteiger partial charge in [0.2, 0.25) is 0 Å². The van der Waals surface area contributed by atoms with Crippen LogP contribution in [-0.4, -0.2) is 31.4 Å². The van der Waals surface area contributed by atoms with Crippen molar-refractivity contribution in [3.05, 3.63) is 47.5 Å². The SMILES string of the molecule is Cc1cc(O)c(Oc2ccccc2C#N)cc1N1CCOCC1. The van der Waals surface area contributed by atoms with Crippen molar-refractivity contribution in [1.29, 1.82) is 5.26 Å². The van der Waals surface area contributed by atoms with Gasteiger partial charge in [-0.3, -0.25) is 0 Å². The molecule has 0 aliphatic carbocycles. The van der Waals surface area contributed by atoms with Crippen LogP contribution in [0.3, 0.4) is 0 Å². The average molecular weight is 310 g/mol. The number of para-hydroxylation sites is 1. The zero-order valence-corrected chi connectivity index (χ0v) is 13.0. The molecule has 1 aliphatic heterocycles. The minimum atomic E-state index is 0.0623. The number of ether oxygens (including phenoxy) is 2. The topological polar surface area (TPSA) is 65.7 Å². The summed E-state index contributed by atoms with van der Waals surface area (Å²) in [5.41, 5.74) is 2.42. The highest BCUT2D eigenvalue weighted by Gasteiger charge is 2.17. The molecule has 0 aromatic heterocycles. The number of hydrogen-bond acceptors (Lipinski definition) is 5. The maximum Gasteiger partial charge on any atom is 0.171 e. The smallest absolute Gasteiger partial charge is 0.171 e. The normalized spacial score (nSPS) is 14.3. The highest BCUT2D eigenvalue weighted by atomic mass is 16.5. The maximum atomic E-state index is 10.2. The van der Waals surface area contributed by atoms with Gasteiger partial charge in [-0.05, 0) is 30.7 Å². The number of anilines is 1. The Hall–Kier alpha value is -2.71. The second-order valence-corrected chi connectivity index (χ2v) is 5.42. The second-order valence-electron chi connectivity index (χ2n) is 5.42. The van der Waals surface area contributed by atoms with Crippen molar-refractivity contribution >= 4 is 5.69 Å². The van der Waals surface area contributed by atoms with Gasteiger partial charge in [0.15, 0.2) is 11.5 Å². The molecular formula is C18H18N2O3. The number of aromatic hydroxyl groups is 1. The predicted molar refractivity (Wildman–Crippen MR) is 87.1 cm³/mol. The van der Waals surface area contributed by atoms with Crippen molar-refractivity contribution in [3.63, 3.8) is 0 Å². The van der Waals surface area contributed by atoms with E-state index in [1.165, 1.54) is 0 Å². The fraction of sp³-hybridized carbons (Fsp3) is 0.278. The second kappa shape index (κ2) is 6.59. The van der Waals surface area contributed by atoms with Gasteiger partial charge in [0.25, 0.3) is 0 Å². The molecule has 1 heterocycles. The van der Waals surface area contributed by atoms with Gasteiger partial charge >= 0.3 is 0 Å². The van der Waals surface area contributed by atoms with Crippen LogP contribution < -0.4 is 9.64 Å². The molecule has 1 N–H and O–H groups in total. The van der Waals surface area contributed by atoms with Crippen LogP contribution >= 0.6 is 0 Å². The molecule has 0 spiro atoms. The fourth-order valence-corrected chi connectivity index (χ4v) is 2.66. The van der Waals surface area contributed by atoms with Crippen molar-refractivity contribution in [1.82, 2.24) is 0 Å². The van der Waals surface area contributed by atoms with Crippen LogP contribution in [0.2, 0.25) is 0 Å². The fourth-order valence-electron chi connectivity index (χ4n) is 2.66. The highest BCUT2D eigenvalue weighted by Crippen LogP contribution is 2.37. The average Bonchev–Trinajstić information content (AvgIpc) is 2.58. The number of nitrogens with zero attached hydrogens (tertiary/aromatic N) is 2. The van der Waals surface area contributed by atoms with E-state index < -0.39 is 0 Å². The molecule has 1 saturated heterocycles. The first-order valence-electron chi connectivity index (χ1n) is 7.52. The lowest BCUT2D eigenvalue weighted by Gasteiger charge is -2.30. The van der Waals surface area contributed by atoms with E-state index in [2.05, 4.69) is 11.0 Å². The Kier molecular flexibility index (Phi) is 4.35. The van der Waals surface area contributed by atoms with Crippen molar-refractivity contribution in [2.24, 2.45) is 0 Å². The Morgan fingerprint density at radius 1 is 1.17 bits per heavy atom. The molecule has 2 aromatic rings. The number of aryl methyl sites for hydroxylation is 1. The number of phenols is 1. The number of phenolic OH excluding ortho intramolecular Hbond substituents is 1. The van der Waals surface area contributed by atoms with Gasteiger partial charge in [0, 0.05) is 24.8 Å². The summed E-state index contributed by atoms with van der Waals surface area (Å²) in [7, 11) is 0. The molecule has 0 radical (unpaired) electrons. The van der Waals surface area contributed by atoms with Crippen molar-refractivity contribution in [2.45, 2.75) is 6.92 Å². The molecule has 0 amide bonds. The summed E-state index contributed by atoms with van der Waals surface area (Å²) in [6, 6.07) is 12.6. The standard InChI is InChI=1S/C18H18N2O3/c1-13-10-16(21)18(11-15(13)20-6-8-22-9-7-20)23-17-5-3-2-4-14(17)12-19/h2-5,10-11,21H,6-9H2,1H3. The molecule has 23 heavy (non-hydrogen) atoms. The number of rotatable bonds is 3. The minimum Gasteiger partial charge on any atom is -0.504 e. The zero-order chi connectivity index (χ0) is 16.2. The number of morpholine rings is 1. The van der Waals surface area contributed by atoms with Crippen LogP contribution in [0.25, 0.3) is 0 Å². The van der Waals surface area contributed by atoms with Crippen LogP contribution in [-0.2, 0) is 4.74 Å². The molecule has 118 valence electrons. The van der Waals surface area contributed by atoms with Gasteiger partial charge in [-0.1, -0.05) is 12.1 Å². The van der Waals surface area contributed by atoms with E-state index in [1.54, 1.807) is 30.3 Å². The van der Waals surface area contributed by atoms with Crippen LogP contribution in [0.15, 0.2) is 36.4 Å². The quantitative estimate of drug-likeness (QED) is 0.943. The molecule has 3 rings (SSSR count). The van der Waals surface area contributed by atoms with Gasteiger partial charge in [-0.15, -0.1) is 0 Å². The van der Waals surface area contributed by atoms with Crippen LogP contribution in [0, 0.1) is 18.3 Å². The highest BCUT2D eigenvalue weighted by molar-refractivity contribution is 5.62. The van der Waals surface area contributed by atoms with E-state index in [-0.39, 0.29) is 5.75 Å². The Bertz CT molecular complexity index is 746. The molecule has 1 aliphatic rings. The lowest BCUT2D eigenvalue weighted by molar-refractivity contribution is 0.122. The first-order valence-corrected chi connectivity index (χ1v) is 7.52. The zero-order valence-electron chi connectivity index (χ0n) is 13.0. The number of hydrogen-bond donors (Lipinski definition) is 1.